The summed E-state index contributed by atoms with van der Waals surface area (Å²) in [5, 5.41) is 18.7. The second-order valence-electron chi connectivity index (χ2n) is 4.84. The predicted molar refractivity (Wildman–Crippen MR) is 86.4 cm³/mol. The minimum absolute atomic E-state index is 0.319. The van der Waals surface area contributed by atoms with Crippen molar-refractivity contribution in [1.29, 1.82) is 0 Å². The normalized spacial score (nSPS) is 10.6. The summed E-state index contributed by atoms with van der Waals surface area (Å²) in [6.45, 7) is 4.32. The van der Waals surface area contributed by atoms with E-state index in [1.54, 1.807) is 28.3 Å². The fourth-order valence-corrected chi connectivity index (χ4v) is 2.80. The van der Waals surface area contributed by atoms with Crippen molar-refractivity contribution >= 4 is 28.9 Å². The second kappa shape index (κ2) is 6.02. The molecule has 3 aromatic heterocycles. The number of nitrogens with zero attached hydrogens (tertiary/aromatic N) is 3. The van der Waals surface area contributed by atoms with Gasteiger partial charge in [-0.25, -0.2) is 9.48 Å². The Hall–Kier alpha value is -2.61. The first-order chi connectivity index (χ1) is 10.6. The van der Waals surface area contributed by atoms with Gasteiger partial charge in [-0.2, -0.15) is 10.2 Å². The molecule has 0 aromatic carbocycles. The summed E-state index contributed by atoms with van der Waals surface area (Å²) in [6.07, 6.45) is 1.66. The third-order valence-corrected chi connectivity index (χ3v) is 4.07. The molecule has 0 saturated carbocycles. The highest BCUT2D eigenvalue weighted by Gasteiger charge is 2.12. The molecule has 114 valence electrons. The summed E-state index contributed by atoms with van der Waals surface area (Å²) < 4.78 is 1.75. The number of carbonyl (C=O) groups is 1. The number of rotatable bonds is 4. The maximum Gasteiger partial charge on any atom is 0.324 e. The Morgan fingerprint density at radius 3 is 2.91 bits per heavy atom. The molecule has 0 aliphatic rings. The molecule has 0 bridgehead atoms. The maximum absolute atomic E-state index is 12.1. The molecule has 0 aliphatic carbocycles. The van der Waals surface area contributed by atoms with Crippen LogP contribution in [0.3, 0.4) is 0 Å². The van der Waals surface area contributed by atoms with E-state index in [-0.39, 0.29) is 6.03 Å². The zero-order valence-corrected chi connectivity index (χ0v) is 13.1. The lowest BCUT2D eigenvalue weighted by molar-refractivity contribution is 0.262. The summed E-state index contributed by atoms with van der Waals surface area (Å²) in [7, 11) is 0. The quantitative estimate of drug-likeness (QED) is 0.691. The topological polar surface area (TPSA) is 87.6 Å². The number of nitrogens with one attached hydrogen (secondary N) is 3. The van der Waals surface area contributed by atoms with Crippen molar-refractivity contribution in [3.05, 3.63) is 46.0 Å². The number of hydrogen-bond donors (Lipinski definition) is 3. The molecule has 7 nitrogen and oxygen atoms in total. The van der Waals surface area contributed by atoms with Crippen LogP contribution in [0.1, 0.15) is 16.3 Å². The lowest BCUT2D eigenvalue weighted by Gasteiger charge is -2.09. The van der Waals surface area contributed by atoms with Crippen molar-refractivity contribution in [3.8, 4) is 0 Å². The van der Waals surface area contributed by atoms with Gasteiger partial charge in [-0.05, 0) is 25.3 Å². The van der Waals surface area contributed by atoms with Gasteiger partial charge in [0.05, 0.1) is 29.8 Å². The average molecular weight is 316 g/mol. The number of thiophene rings is 1. The smallest absolute Gasteiger partial charge is 0.304 e. The van der Waals surface area contributed by atoms with Gasteiger partial charge >= 0.3 is 6.03 Å². The van der Waals surface area contributed by atoms with Gasteiger partial charge in [0.15, 0.2) is 0 Å². The van der Waals surface area contributed by atoms with Crippen LogP contribution >= 0.6 is 11.3 Å². The van der Waals surface area contributed by atoms with Crippen LogP contribution in [0.4, 0.5) is 16.3 Å². The zero-order chi connectivity index (χ0) is 15.5. The Morgan fingerprint density at radius 2 is 2.23 bits per heavy atom. The van der Waals surface area contributed by atoms with E-state index in [0.717, 1.165) is 11.4 Å². The Morgan fingerprint density at radius 1 is 1.36 bits per heavy atom. The molecule has 8 heteroatoms. The largest absolute Gasteiger partial charge is 0.324 e. The molecule has 3 heterocycles. The van der Waals surface area contributed by atoms with Crippen molar-refractivity contribution in [2.75, 3.05) is 10.6 Å². The molecule has 3 N–H and O–H groups in total. The minimum atomic E-state index is -0.319. The van der Waals surface area contributed by atoms with Crippen molar-refractivity contribution in [3.63, 3.8) is 0 Å². The van der Waals surface area contributed by atoms with Crippen LogP contribution in [0.25, 0.3) is 0 Å². The van der Waals surface area contributed by atoms with Crippen LogP contribution in [0.5, 0.6) is 0 Å². The maximum atomic E-state index is 12.1. The fourth-order valence-electron chi connectivity index (χ4n) is 2.11. The zero-order valence-electron chi connectivity index (χ0n) is 12.3. The molecule has 0 atom stereocenters. The molecule has 0 aliphatic heterocycles. The lowest BCUT2D eigenvalue weighted by atomic mass is 10.3. The van der Waals surface area contributed by atoms with E-state index < -0.39 is 0 Å². The number of urea groups is 1. The first-order valence-electron chi connectivity index (χ1n) is 6.77. The molecular weight excluding hydrogens is 300 g/mol. The average Bonchev–Trinajstić information content (AvgIpc) is 3.20. The summed E-state index contributed by atoms with van der Waals surface area (Å²) in [6, 6.07) is 5.48. The van der Waals surface area contributed by atoms with Crippen molar-refractivity contribution in [2.45, 2.75) is 20.4 Å². The number of aromatic amines is 1. The molecule has 0 fully saturated rings. The third kappa shape index (κ3) is 3.01. The molecular formula is C14H16N6OS. The number of hydrogen-bond acceptors (Lipinski definition) is 4. The summed E-state index contributed by atoms with van der Waals surface area (Å²) >= 11 is 1.65. The third-order valence-electron chi connectivity index (χ3n) is 3.21. The number of carbonyl (C=O) groups excluding carboxylic acids is 1. The summed E-state index contributed by atoms with van der Waals surface area (Å²) in [4.78, 5) is 13.3. The highest BCUT2D eigenvalue weighted by Crippen LogP contribution is 2.17. The van der Waals surface area contributed by atoms with Crippen molar-refractivity contribution < 1.29 is 4.79 Å². The molecule has 0 unspecified atom stereocenters. The second-order valence-corrected chi connectivity index (χ2v) is 5.87. The number of H-pyrrole nitrogens is 1. The fraction of sp³-hybridized carbons (Fsp3) is 0.214. The van der Waals surface area contributed by atoms with Gasteiger partial charge in [0, 0.05) is 10.9 Å². The molecule has 3 aromatic rings. The van der Waals surface area contributed by atoms with E-state index in [0.29, 0.717) is 18.1 Å². The Kier molecular flexibility index (Phi) is 3.92. The van der Waals surface area contributed by atoms with Crippen LogP contribution in [0, 0.1) is 13.8 Å². The molecule has 3 rings (SSSR count). The number of aryl methyl sites for hydroxylation is 2. The van der Waals surface area contributed by atoms with Gasteiger partial charge < -0.3 is 5.32 Å². The van der Waals surface area contributed by atoms with Crippen LogP contribution in [0.2, 0.25) is 0 Å². The highest BCUT2D eigenvalue weighted by molar-refractivity contribution is 7.09. The van der Waals surface area contributed by atoms with Gasteiger partial charge in [0.25, 0.3) is 0 Å². The van der Waals surface area contributed by atoms with Crippen LogP contribution in [0.15, 0.2) is 29.8 Å². The van der Waals surface area contributed by atoms with Crippen molar-refractivity contribution in [1.82, 2.24) is 20.0 Å². The van der Waals surface area contributed by atoms with Gasteiger partial charge in [-0.3, -0.25) is 10.4 Å². The Bertz CT molecular complexity index is 754. The standard InChI is InChI=1S/C14H16N6OS/c1-9-13(10(2)19-18-9)17-14(21)16-12-5-6-15-20(12)8-11-4-3-7-22-11/h3-7H,8H2,1-2H3,(H,18,19)(H2,16,17,21). The van der Waals surface area contributed by atoms with E-state index >= 15 is 0 Å². The molecule has 22 heavy (non-hydrogen) atoms. The number of aromatic nitrogens is 4. The van der Waals surface area contributed by atoms with E-state index in [1.165, 1.54) is 4.88 Å². The van der Waals surface area contributed by atoms with Crippen LogP contribution in [-0.2, 0) is 6.54 Å². The van der Waals surface area contributed by atoms with E-state index in [1.807, 2.05) is 31.4 Å². The first kappa shape index (κ1) is 14.3. The van der Waals surface area contributed by atoms with Crippen LogP contribution in [-0.4, -0.2) is 26.0 Å². The molecule has 0 saturated heterocycles. The molecule has 2 amide bonds. The first-order valence-corrected chi connectivity index (χ1v) is 7.65. The molecule has 0 radical (unpaired) electrons. The van der Waals surface area contributed by atoms with Gasteiger partial charge in [-0.1, -0.05) is 6.07 Å². The van der Waals surface area contributed by atoms with E-state index in [2.05, 4.69) is 25.9 Å². The number of anilines is 2. The lowest BCUT2D eigenvalue weighted by Crippen LogP contribution is -2.22. The highest BCUT2D eigenvalue weighted by atomic mass is 32.1. The van der Waals surface area contributed by atoms with Gasteiger partial charge in [0.1, 0.15) is 5.82 Å². The number of amides is 2. The minimum Gasteiger partial charge on any atom is -0.304 e. The van der Waals surface area contributed by atoms with Gasteiger partial charge in [-0.15, -0.1) is 11.3 Å². The summed E-state index contributed by atoms with van der Waals surface area (Å²) in [5.41, 5.74) is 2.27. The summed E-state index contributed by atoms with van der Waals surface area (Å²) in [5.74, 6) is 0.643. The SMILES string of the molecule is Cc1n[nH]c(C)c1NC(=O)Nc1ccnn1Cc1cccs1. The van der Waals surface area contributed by atoms with Crippen LogP contribution < -0.4 is 10.6 Å². The Balaban J connectivity index is 1.68. The van der Waals surface area contributed by atoms with Gasteiger partial charge in [0.2, 0.25) is 0 Å². The van der Waals surface area contributed by atoms with Crippen molar-refractivity contribution in [2.24, 2.45) is 0 Å². The monoisotopic (exact) mass is 316 g/mol. The molecule has 0 spiro atoms. The Labute approximate surface area is 131 Å². The van der Waals surface area contributed by atoms with E-state index in [9.17, 15) is 4.79 Å². The predicted octanol–water partition coefficient (Wildman–Crippen LogP) is 2.98. The van der Waals surface area contributed by atoms with E-state index in [4.69, 9.17) is 0 Å².